The third-order valence-electron chi connectivity index (χ3n) is 4.62. The first-order chi connectivity index (χ1) is 10.6. The van der Waals surface area contributed by atoms with Crippen LogP contribution in [0.15, 0.2) is 24.3 Å². The number of halogens is 2. The molecule has 22 heavy (non-hydrogen) atoms. The molecule has 1 aromatic carbocycles. The van der Waals surface area contributed by atoms with Gasteiger partial charge in [0.1, 0.15) is 5.75 Å². The van der Waals surface area contributed by atoms with Crippen molar-refractivity contribution in [2.45, 2.75) is 31.5 Å². The van der Waals surface area contributed by atoms with Gasteiger partial charge in [-0.25, -0.2) is 0 Å². The Morgan fingerprint density at radius 3 is 2.55 bits per heavy atom. The van der Waals surface area contributed by atoms with Gasteiger partial charge in [-0.2, -0.15) is 8.78 Å². The van der Waals surface area contributed by atoms with Crippen molar-refractivity contribution in [3.63, 3.8) is 0 Å². The molecule has 0 aliphatic carbocycles. The Morgan fingerprint density at radius 2 is 1.91 bits per heavy atom. The number of ketones is 1. The van der Waals surface area contributed by atoms with Crippen molar-refractivity contribution in [2.75, 3.05) is 20.3 Å². The number of fused-ring (bicyclic) bond motifs is 2. The summed E-state index contributed by atoms with van der Waals surface area (Å²) in [6.07, 6.45) is 1.38. The highest BCUT2D eigenvalue weighted by Gasteiger charge is 2.40. The first-order valence-electron chi connectivity index (χ1n) is 7.44. The summed E-state index contributed by atoms with van der Waals surface area (Å²) in [5, 5.41) is 0. The van der Waals surface area contributed by atoms with Crippen molar-refractivity contribution in [3.05, 3.63) is 29.8 Å². The fourth-order valence-electron chi connectivity index (χ4n) is 3.40. The number of benzene rings is 1. The van der Waals surface area contributed by atoms with Crippen molar-refractivity contribution in [3.8, 4) is 5.75 Å². The molecule has 6 heteroatoms. The molecule has 4 nitrogen and oxygen atoms in total. The van der Waals surface area contributed by atoms with E-state index in [1.54, 1.807) is 18.2 Å². The van der Waals surface area contributed by atoms with Gasteiger partial charge in [-0.3, -0.25) is 9.69 Å². The van der Waals surface area contributed by atoms with Gasteiger partial charge in [-0.05, 0) is 32.0 Å². The van der Waals surface area contributed by atoms with E-state index in [0.717, 1.165) is 0 Å². The number of alkyl halides is 2. The summed E-state index contributed by atoms with van der Waals surface area (Å²) >= 11 is 0. The topological polar surface area (TPSA) is 38.8 Å². The third kappa shape index (κ3) is 2.98. The van der Waals surface area contributed by atoms with Crippen LogP contribution in [0.25, 0.3) is 0 Å². The lowest BCUT2D eigenvalue weighted by atomic mass is 9.81. The first kappa shape index (κ1) is 15.4. The summed E-state index contributed by atoms with van der Waals surface area (Å²) in [5.41, 5.74) is 0.247. The van der Waals surface area contributed by atoms with Crippen molar-refractivity contribution in [1.29, 1.82) is 0 Å². The van der Waals surface area contributed by atoms with E-state index >= 15 is 0 Å². The normalized spacial score (nSPS) is 28.6. The van der Waals surface area contributed by atoms with Crippen LogP contribution in [0.1, 0.15) is 23.2 Å². The number of piperidine rings is 1. The molecule has 120 valence electrons. The van der Waals surface area contributed by atoms with Crippen LogP contribution in [0.5, 0.6) is 5.75 Å². The molecular weight excluding hydrogens is 292 g/mol. The summed E-state index contributed by atoms with van der Waals surface area (Å²) in [5.74, 6) is -0.318. The molecule has 2 saturated heterocycles. The zero-order valence-electron chi connectivity index (χ0n) is 12.4. The Kier molecular flexibility index (Phi) is 4.40. The fourth-order valence-corrected chi connectivity index (χ4v) is 3.40. The van der Waals surface area contributed by atoms with Gasteiger partial charge < -0.3 is 9.47 Å². The van der Waals surface area contributed by atoms with E-state index in [2.05, 4.69) is 9.64 Å². The van der Waals surface area contributed by atoms with Gasteiger partial charge in [-0.15, -0.1) is 0 Å². The van der Waals surface area contributed by atoms with E-state index < -0.39 is 6.61 Å². The summed E-state index contributed by atoms with van der Waals surface area (Å²) < 4.78 is 35.0. The predicted octanol–water partition coefficient (Wildman–Crippen LogP) is 2.58. The Bertz CT molecular complexity index is 538. The molecule has 2 bridgehead atoms. The van der Waals surface area contributed by atoms with E-state index in [9.17, 15) is 13.6 Å². The molecule has 0 aromatic heterocycles. The Morgan fingerprint density at radius 1 is 1.27 bits per heavy atom. The largest absolute Gasteiger partial charge is 0.434 e. The highest BCUT2D eigenvalue weighted by Crippen LogP contribution is 2.34. The monoisotopic (exact) mass is 311 g/mol. The van der Waals surface area contributed by atoms with Crippen LogP contribution < -0.4 is 4.74 Å². The van der Waals surface area contributed by atoms with Gasteiger partial charge in [0.2, 0.25) is 0 Å². The van der Waals surface area contributed by atoms with Crippen molar-refractivity contribution < 1.29 is 23.0 Å². The van der Waals surface area contributed by atoms with E-state index in [0.29, 0.717) is 26.1 Å². The fraction of sp³-hybridized carbons (Fsp3) is 0.562. The van der Waals surface area contributed by atoms with Crippen LogP contribution in [0.3, 0.4) is 0 Å². The number of likely N-dealkylation sites (N-methyl/N-ethyl adjacent to an activating group) is 1. The Balaban J connectivity index is 1.80. The molecule has 0 amide bonds. The summed E-state index contributed by atoms with van der Waals surface area (Å²) in [6, 6.07) is 6.66. The average molecular weight is 311 g/mol. The highest BCUT2D eigenvalue weighted by molar-refractivity contribution is 6.00. The molecule has 0 saturated carbocycles. The number of nitrogens with zero attached hydrogens (tertiary/aromatic N) is 1. The van der Waals surface area contributed by atoms with E-state index in [4.69, 9.17) is 4.74 Å². The molecule has 2 aliphatic rings. The first-order valence-corrected chi connectivity index (χ1v) is 7.44. The second-order valence-electron chi connectivity index (χ2n) is 5.92. The van der Waals surface area contributed by atoms with Crippen LogP contribution >= 0.6 is 0 Å². The number of para-hydroxylation sites is 1. The van der Waals surface area contributed by atoms with Gasteiger partial charge in [-0.1, -0.05) is 12.1 Å². The maximum atomic E-state index is 12.8. The van der Waals surface area contributed by atoms with E-state index in [1.807, 2.05) is 7.05 Å². The minimum Gasteiger partial charge on any atom is -0.434 e. The molecular formula is C16H19F2NO3. The molecule has 0 spiro atoms. The maximum Gasteiger partial charge on any atom is 0.387 e. The number of Topliss-reactive ketones (excluding diaryl/α,β-unsaturated/α-hetero) is 1. The van der Waals surface area contributed by atoms with Gasteiger partial charge in [0.05, 0.1) is 18.8 Å². The smallest absolute Gasteiger partial charge is 0.387 e. The second-order valence-corrected chi connectivity index (χ2v) is 5.92. The van der Waals surface area contributed by atoms with E-state index in [-0.39, 0.29) is 35.1 Å². The quantitative estimate of drug-likeness (QED) is 0.801. The molecule has 0 radical (unpaired) electrons. The molecule has 2 unspecified atom stereocenters. The van der Waals surface area contributed by atoms with Gasteiger partial charge in [0.25, 0.3) is 0 Å². The minimum atomic E-state index is -2.93. The molecule has 2 heterocycles. The molecule has 2 aliphatic heterocycles. The number of morpholine rings is 1. The number of hydrogen-bond acceptors (Lipinski definition) is 4. The number of rotatable bonds is 4. The van der Waals surface area contributed by atoms with E-state index in [1.165, 1.54) is 6.07 Å². The lowest BCUT2D eigenvalue weighted by molar-refractivity contribution is -0.0704. The molecule has 2 fully saturated rings. The number of hydrogen-bond donors (Lipinski definition) is 0. The lowest BCUT2D eigenvalue weighted by Crippen LogP contribution is -2.55. The van der Waals surface area contributed by atoms with Crippen molar-refractivity contribution in [2.24, 2.45) is 5.92 Å². The summed E-state index contributed by atoms with van der Waals surface area (Å²) in [4.78, 5) is 15.0. The predicted molar refractivity (Wildman–Crippen MR) is 76.3 cm³/mol. The Hall–Kier alpha value is -1.53. The Labute approximate surface area is 128 Å². The minimum absolute atomic E-state index is 0.0390. The van der Waals surface area contributed by atoms with Crippen LogP contribution in [-0.2, 0) is 4.74 Å². The molecule has 0 N–H and O–H groups in total. The standard InChI is InChI=1S/C16H19F2NO3/c1-19-11-6-10(7-12(19)9-21-8-11)15(20)13-4-2-3-5-14(13)22-16(17)18/h2-5,10-12,16H,6-9H2,1H3. The van der Waals surface area contributed by atoms with Gasteiger partial charge in [0, 0.05) is 18.0 Å². The van der Waals surface area contributed by atoms with Gasteiger partial charge >= 0.3 is 6.61 Å². The number of carbonyl (C=O) groups is 1. The van der Waals surface area contributed by atoms with Crippen molar-refractivity contribution in [1.82, 2.24) is 4.90 Å². The number of ether oxygens (including phenoxy) is 2. The molecule has 1 aromatic rings. The summed E-state index contributed by atoms with van der Waals surface area (Å²) in [7, 11) is 2.05. The second kappa shape index (κ2) is 6.30. The van der Waals surface area contributed by atoms with Crippen LogP contribution in [-0.4, -0.2) is 49.6 Å². The molecule has 3 rings (SSSR count). The number of carbonyl (C=O) groups excluding carboxylic acids is 1. The van der Waals surface area contributed by atoms with Gasteiger partial charge in [0.15, 0.2) is 5.78 Å². The van der Waals surface area contributed by atoms with Crippen LogP contribution in [0, 0.1) is 5.92 Å². The SMILES string of the molecule is CN1C2COCC1CC(C(=O)c1ccccc1OC(F)F)C2. The molecule has 2 atom stereocenters. The third-order valence-corrected chi connectivity index (χ3v) is 4.62. The van der Waals surface area contributed by atoms with Crippen molar-refractivity contribution >= 4 is 5.78 Å². The average Bonchev–Trinajstić information content (AvgIpc) is 2.46. The zero-order valence-corrected chi connectivity index (χ0v) is 12.4. The zero-order chi connectivity index (χ0) is 15.7. The van der Waals surface area contributed by atoms with Crippen LogP contribution in [0.2, 0.25) is 0 Å². The summed E-state index contributed by atoms with van der Waals surface area (Å²) in [6.45, 7) is -1.70. The van der Waals surface area contributed by atoms with Crippen LogP contribution in [0.4, 0.5) is 8.78 Å². The maximum absolute atomic E-state index is 12.8. The highest BCUT2D eigenvalue weighted by atomic mass is 19.3. The lowest BCUT2D eigenvalue weighted by Gasteiger charge is -2.46.